The van der Waals surface area contributed by atoms with Crippen molar-refractivity contribution in [2.24, 2.45) is 5.92 Å². The summed E-state index contributed by atoms with van der Waals surface area (Å²) in [6.07, 6.45) is 1.93. The number of fused-ring (bicyclic) bond motifs is 1. The van der Waals surface area contributed by atoms with Gasteiger partial charge in [-0.1, -0.05) is 13.0 Å². The smallest absolute Gasteiger partial charge is 0.282 e. The Balaban J connectivity index is 1.82. The molecule has 2 aliphatic rings. The van der Waals surface area contributed by atoms with E-state index in [4.69, 9.17) is 0 Å². The zero-order valence-corrected chi connectivity index (χ0v) is 13.2. The minimum atomic E-state index is -0.777. The summed E-state index contributed by atoms with van der Waals surface area (Å²) in [6.45, 7) is 2.87. The van der Waals surface area contributed by atoms with Crippen molar-refractivity contribution in [1.29, 1.82) is 0 Å². The minimum absolute atomic E-state index is 0.0194. The Morgan fingerprint density at radius 2 is 2.08 bits per heavy atom. The van der Waals surface area contributed by atoms with E-state index in [1.54, 1.807) is 4.90 Å². The van der Waals surface area contributed by atoms with Gasteiger partial charge in [0.05, 0.1) is 10.5 Å². The number of nitrogens with zero attached hydrogens (tertiary/aromatic N) is 3. The van der Waals surface area contributed by atoms with E-state index in [9.17, 15) is 24.5 Å². The van der Waals surface area contributed by atoms with E-state index in [1.807, 2.05) is 6.92 Å². The Hall–Kier alpha value is -2.77. The van der Waals surface area contributed by atoms with Gasteiger partial charge in [-0.05, 0) is 24.8 Å². The van der Waals surface area contributed by atoms with Crippen LogP contribution < -0.4 is 0 Å². The number of imide groups is 1. The van der Waals surface area contributed by atoms with Crippen LogP contribution in [0.2, 0.25) is 0 Å². The number of hydrogen-bond donors (Lipinski definition) is 0. The maximum Gasteiger partial charge on any atom is 0.282 e. The summed E-state index contributed by atoms with van der Waals surface area (Å²) in [5.74, 6) is -1.36. The van der Waals surface area contributed by atoms with Crippen LogP contribution in [0.4, 0.5) is 5.69 Å². The van der Waals surface area contributed by atoms with Crippen LogP contribution in [0.3, 0.4) is 0 Å². The summed E-state index contributed by atoms with van der Waals surface area (Å²) in [4.78, 5) is 50.1. The lowest BCUT2D eigenvalue weighted by Gasteiger charge is -2.31. The zero-order chi connectivity index (χ0) is 17.4. The second-order valence-electron chi connectivity index (χ2n) is 6.24. The van der Waals surface area contributed by atoms with E-state index in [2.05, 4.69) is 0 Å². The first-order valence-electron chi connectivity index (χ1n) is 7.81. The monoisotopic (exact) mass is 331 g/mol. The van der Waals surface area contributed by atoms with Crippen molar-refractivity contribution >= 4 is 23.4 Å². The standard InChI is InChI=1S/C16H17N3O5/c1-10-4-3-7-17(8-10)13(20)9-18-15(21)11-5-2-6-12(19(23)24)14(11)16(18)22/h2,5-6,10H,3-4,7-9H2,1H3. The van der Waals surface area contributed by atoms with Crippen LogP contribution in [-0.4, -0.2) is 52.1 Å². The van der Waals surface area contributed by atoms with Gasteiger partial charge in [0.1, 0.15) is 12.1 Å². The number of amides is 3. The number of benzene rings is 1. The second kappa shape index (κ2) is 6.03. The van der Waals surface area contributed by atoms with Gasteiger partial charge in [0.15, 0.2) is 0 Å². The normalized spacial score (nSPS) is 20.3. The number of nitro benzene ring substituents is 1. The predicted molar refractivity (Wildman–Crippen MR) is 83.4 cm³/mol. The lowest BCUT2D eigenvalue weighted by atomic mass is 10.0. The Morgan fingerprint density at radius 1 is 1.33 bits per heavy atom. The molecule has 8 heteroatoms. The van der Waals surface area contributed by atoms with Crippen molar-refractivity contribution in [3.8, 4) is 0 Å². The molecule has 1 aromatic carbocycles. The first-order valence-corrected chi connectivity index (χ1v) is 7.81. The first-order chi connectivity index (χ1) is 11.4. The van der Waals surface area contributed by atoms with E-state index in [0.717, 1.165) is 17.7 Å². The molecule has 2 heterocycles. The summed E-state index contributed by atoms with van der Waals surface area (Å²) in [5.41, 5.74) is -0.659. The maximum atomic E-state index is 12.4. The molecule has 2 aliphatic heterocycles. The van der Waals surface area contributed by atoms with Crippen LogP contribution in [0, 0.1) is 16.0 Å². The van der Waals surface area contributed by atoms with Crippen molar-refractivity contribution in [2.75, 3.05) is 19.6 Å². The fourth-order valence-electron chi connectivity index (χ4n) is 3.26. The van der Waals surface area contributed by atoms with E-state index >= 15 is 0 Å². The average molecular weight is 331 g/mol. The fourth-order valence-corrected chi connectivity index (χ4v) is 3.26. The van der Waals surface area contributed by atoms with Crippen molar-refractivity contribution in [2.45, 2.75) is 19.8 Å². The number of piperidine rings is 1. The first kappa shape index (κ1) is 16.1. The molecule has 24 heavy (non-hydrogen) atoms. The Bertz CT molecular complexity index is 745. The van der Waals surface area contributed by atoms with Gasteiger partial charge in [0.2, 0.25) is 5.91 Å². The molecule has 1 saturated heterocycles. The maximum absolute atomic E-state index is 12.4. The molecule has 1 atom stereocenters. The van der Waals surface area contributed by atoms with Crippen LogP contribution in [0.1, 0.15) is 40.5 Å². The third kappa shape index (κ3) is 2.64. The molecule has 3 amide bonds. The van der Waals surface area contributed by atoms with Crippen molar-refractivity contribution in [3.05, 3.63) is 39.4 Å². The lowest BCUT2D eigenvalue weighted by Crippen LogP contribution is -2.46. The molecule has 0 bridgehead atoms. The van der Waals surface area contributed by atoms with Crippen molar-refractivity contribution < 1.29 is 19.3 Å². The van der Waals surface area contributed by atoms with E-state index in [-0.39, 0.29) is 23.6 Å². The molecule has 1 fully saturated rings. The molecule has 126 valence electrons. The molecule has 1 unspecified atom stereocenters. The molecule has 0 aliphatic carbocycles. The van der Waals surface area contributed by atoms with Gasteiger partial charge in [-0.15, -0.1) is 0 Å². The highest BCUT2D eigenvalue weighted by Crippen LogP contribution is 2.30. The molecule has 0 saturated carbocycles. The molecule has 8 nitrogen and oxygen atoms in total. The van der Waals surface area contributed by atoms with E-state index in [1.165, 1.54) is 18.2 Å². The number of likely N-dealkylation sites (tertiary alicyclic amines) is 1. The molecule has 0 N–H and O–H groups in total. The predicted octanol–water partition coefficient (Wildman–Crippen LogP) is 1.45. The van der Waals surface area contributed by atoms with Gasteiger partial charge in [0, 0.05) is 19.2 Å². The Labute approximate surface area is 138 Å². The SMILES string of the molecule is CC1CCCN(C(=O)CN2C(=O)c3cccc([N+](=O)[O-])c3C2=O)C1. The van der Waals surface area contributed by atoms with E-state index in [0.29, 0.717) is 19.0 Å². The van der Waals surface area contributed by atoms with Gasteiger partial charge in [0.25, 0.3) is 17.5 Å². The highest BCUT2D eigenvalue weighted by atomic mass is 16.6. The lowest BCUT2D eigenvalue weighted by molar-refractivity contribution is -0.385. The zero-order valence-electron chi connectivity index (χ0n) is 13.2. The summed E-state index contributed by atoms with van der Waals surface area (Å²) < 4.78 is 0. The van der Waals surface area contributed by atoms with Gasteiger partial charge >= 0.3 is 0 Å². The summed E-state index contributed by atoms with van der Waals surface area (Å²) in [5, 5.41) is 11.1. The molecule has 0 aromatic heterocycles. The molecular formula is C16H17N3O5. The van der Waals surface area contributed by atoms with Crippen LogP contribution in [0.5, 0.6) is 0 Å². The fraction of sp³-hybridized carbons (Fsp3) is 0.438. The number of rotatable bonds is 3. The third-order valence-electron chi connectivity index (χ3n) is 4.48. The van der Waals surface area contributed by atoms with Crippen LogP contribution >= 0.6 is 0 Å². The second-order valence-corrected chi connectivity index (χ2v) is 6.24. The number of carbonyl (C=O) groups excluding carboxylic acids is 3. The van der Waals surface area contributed by atoms with Gasteiger partial charge in [-0.3, -0.25) is 29.4 Å². The Kier molecular flexibility index (Phi) is 4.04. The Morgan fingerprint density at radius 3 is 2.75 bits per heavy atom. The highest BCUT2D eigenvalue weighted by molar-refractivity contribution is 6.24. The highest BCUT2D eigenvalue weighted by Gasteiger charge is 2.42. The van der Waals surface area contributed by atoms with Gasteiger partial charge in [-0.2, -0.15) is 0 Å². The molecule has 0 radical (unpaired) electrons. The minimum Gasteiger partial charge on any atom is -0.341 e. The van der Waals surface area contributed by atoms with Crippen molar-refractivity contribution in [1.82, 2.24) is 9.80 Å². The van der Waals surface area contributed by atoms with Crippen molar-refractivity contribution in [3.63, 3.8) is 0 Å². The molecule has 1 aromatic rings. The number of carbonyl (C=O) groups is 3. The van der Waals surface area contributed by atoms with Crippen LogP contribution in [0.25, 0.3) is 0 Å². The molecular weight excluding hydrogens is 314 g/mol. The number of nitro groups is 1. The third-order valence-corrected chi connectivity index (χ3v) is 4.48. The van der Waals surface area contributed by atoms with Crippen LogP contribution in [0.15, 0.2) is 18.2 Å². The molecule has 3 rings (SSSR count). The molecule has 0 spiro atoms. The summed E-state index contributed by atoms with van der Waals surface area (Å²) in [6, 6.07) is 3.91. The quantitative estimate of drug-likeness (QED) is 0.474. The van der Waals surface area contributed by atoms with Crippen LogP contribution in [-0.2, 0) is 4.79 Å². The topological polar surface area (TPSA) is 101 Å². The van der Waals surface area contributed by atoms with Gasteiger partial charge < -0.3 is 4.90 Å². The largest absolute Gasteiger partial charge is 0.341 e. The number of hydrogen-bond acceptors (Lipinski definition) is 5. The average Bonchev–Trinajstić information content (AvgIpc) is 2.80. The summed E-state index contributed by atoms with van der Waals surface area (Å²) >= 11 is 0. The van der Waals surface area contributed by atoms with Gasteiger partial charge in [-0.25, -0.2) is 0 Å². The summed E-state index contributed by atoms with van der Waals surface area (Å²) in [7, 11) is 0. The van der Waals surface area contributed by atoms with E-state index < -0.39 is 22.4 Å².